The molecule has 2 aromatic rings. The average Bonchev–Trinajstić information content (AvgIpc) is 2.97. The lowest BCUT2D eigenvalue weighted by Crippen LogP contribution is -2.17. The Morgan fingerprint density at radius 1 is 1.42 bits per heavy atom. The van der Waals surface area contributed by atoms with Crippen molar-refractivity contribution in [3.8, 4) is 5.75 Å². The third-order valence-electron chi connectivity index (χ3n) is 3.69. The van der Waals surface area contributed by atoms with Crippen molar-refractivity contribution in [3.05, 3.63) is 30.5 Å². The first kappa shape index (κ1) is 12.2. The second-order valence-corrected chi connectivity index (χ2v) is 4.99. The highest BCUT2D eigenvalue weighted by Gasteiger charge is 2.14. The van der Waals surface area contributed by atoms with Crippen LogP contribution in [0.25, 0.3) is 10.8 Å². The molecule has 1 aliphatic rings. The van der Waals surface area contributed by atoms with Gasteiger partial charge in [0, 0.05) is 18.1 Å². The van der Waals surface area contributed by atoms with E-state index >= 15 is 0 Å². The van der Waals surface area contributed by atoms with Crippen LogP contribution in [0.15, 0.2) is 30.5 Å². The second kappa shape index (κ2) is 5.45. The molecule has 1 fully saturated rings. The van der Waals surface area contributed by atoms with Gasteiger partial charge < -0.3 is 15.4 Å². The number of benzene rings is 1. The normalized spacial score (nSPS) is 18.7. The van der Waals surface area contributed by atoms with E-state index in [-0.39, 0.29) is 0 Å². The molecule has 2 heterocycles. The lowest BCUT2D eigenvalue weighted by atomic mass is 10.1. The van der Waals surface area contributed by atoms with Crippen LogP contribution in [-0.4, -0.2) is 31.7 Å². The molecule has 1 unspecified atom stereocenters. The molecule has 19 heavy (non-hydrogen) atoms. The van der Waals surface area contributed by atoms with Gasteiger partial charge in [-0.1, -0.05) is 6.07 Å². The minimum Gasteiger partial charge on any atom is -0.497 e. The van der Waals surface area contributed by atoms with Crippen molar-refractivity contribution in [1.82, 2.24) is 10.3 Å². The van der Waals surface area contributed by atoms with E-state index in [1.807, 2.05) is 24.4 Å². The van der Waals surface area contributed by atoms with Crippen molar-refractivity contribution in [1.29, 1.82) is 0 Å². The minimum absolute atomic E-state index is 0.697. The van der Waals surface area contributed by atoms with Gasteiger partial charge in [-0.05, 0) is 49.0 Å². The van der Waals surface area contributed by atoms with Crippen LogP contribution in [-0.2, 0) is 0 Å². The Balaban J connectivity index is 1.84. The molecule has 1 aromatic carbocycles. The Kier molecular flexibility index (Phi) is 3.51. The maximum Gasteiger partial charge on any atom is 0.133 e. The van der Waals surface area contributed by atoms with E-state index in [4.69, 9.17) is 4.74 Å². The number of fused-ring (bicyclic) bond motifs is 1. The van der Waals surface area contributed by atoms with Crippen molar-refractivity contribution in [2.24, 2.45) is 5.92 Å². The molecular formula is C15H19N3O. The molecule has 100 valence electrons. The van der Waals surface area contributed by atoms with Crippen LogP contribution in [0.5, 0.6) is 5.75 Å². The maximum absolute atomic E-state index is 5.29. The molecule has 1 atom stereocenters. The summed E-state index contributed by atoms with van der Waals surface area (Å²) in [5.74, 6) is 2.51. The zero-order valence-corrected chi connectivity index (χ0v) is 11.1. The lowest BCUT2D eigenvalue weighted by molar-refractivity contribution is 0.415. The quantitative estimate of drug-likeness (QED) is 0.882. The van der Waals surface area contributed by atoms with Crippen LogP contribution < -0.4 is 15.4 Å². The molecule has 0 saturated carbocycles. The predicted molar refractivity (Wildman–Crippen MR) is 77.8 cm³/mol. The summed E-state index contributed by atoms with van der Waals surface area (Å²) in [6, 6.07) is 8.11. The number of rotatable bonds is 4. The third kappa shape index (κ3) is 2.63. The fourth-order valence-electron chi connectivity index (χ4n) is 2.54. The first-order valence-corrected chi connectivity index (χ1v) is 6.74. The molecule has 2 N–H and O–H groups in total. The van der Waals surface area contributed by atoms with Crippen LogP contribution in [0.3, 0.4) is 0 Å². The number of pyridine rings is 1. The molecular weight excluding hydrogens is 238 g/mol. The van der Waals surface area contributed by atoms with Gasteiger partial charge in [0.2, 0.25) is 0 Å². The largest absolute Gasteiger partial charge is 0.497 e. The van der Waals surface area contributed by atoms with Gasteiger partial charge in [-0.25, -0.2) is 4.98 Å². The summed E-state index contributed by atoms with van der Waals surface area (Å²) in [4.78, 5) is 4.46. The van der Waals surface area contributed by atoms with Gasteiger partial charge >= 0.3 is 0 Å². The number of nitrogens with one attached hydrogen (secondary N) is 2. The number of methoxy groups -OCH3 is 1. The maximum atomic E-state index is 5.29. The van der Waals surface area contributed by atoms with Crippen LogP contribution >= 0.6 is 0 Å². The summed E-state index contributed by atoms with van der Waals surface area (Å²) in [5.41, 5.74) is 0. The molecule has 4 nitrogen and oxygen atoms in total. The fourth-order valence-corrected chi connectivity index (χ4v) is 2.54. The van der Waals surface area contributed by atoms with E-state index in [9.17, 15) is 0 Å². The molecule has 0 aliphatic carbocycles. The first-order chi connectivity index (χ1) is 9.36. The van der Waals surface area contributed by atoms with Gasteiger partial charge in [-0.15, -0.1) is 0 Å². The highest BCUT2D eigenvalue weighted by atomic mass is 16.5. The molecule has 3 rings (SSSR count). The summed E-state index contributed by atoms with van der Waals surface area (Å²) in [7, 11) is 1.69. The molecule has 1 aliphatic heterocycles. The number of nitrogens with zero attached hydrogens (tertiary/aromatic N) is 1. The first-order valence-electron chi connectivity index (χ1n) is 6.74. The Morgan fingerprint density at radius 3 is 3.16 bits per heavy atom. The molecule has 0 radical (unpaired) electrons. The van der Waals surface area contributed by atoms with Crippen molar-refractivity contribution in [2.75, 3.05) is 32.1 Å². The van der Waals surface area contributed by atoms with Crippen molar-refractivity contribution in [3.63, 3.8) is 0 Å². The topological polar surface area (TPSA) is 46.2 Å². The van der Waals surface area contributed by atoms with Gasteiger partial charge in [-0.3, -0.25) is 0 Å². The third-order valence-corrected chi connectivity index (χ3v) is 3.69. The van der Waals surface area contributed by atoms with Gasteiger partial charge in [0.15, 0.2) is 0 Å². The van der Waals surface area contributed by atoms with Gasteiger partial charge in [0.05, 0.1) is 7.11 Å². The second-order valence-electron chi connectivity index (χ2n) is 4.99. The molecule has 0 amide bonds. The van der Waals surface area contributed by atoms with Crippen LogP contribution in [0.1, 0.15) is 6.42 Å². The predicted octanol–water partition coefficient (Wildman–Crippen LogP) is 2.26. The molecule has 1 aromatic heterocycles. The average molecular weight is 257 g/mol. The summed E-state index contributed by atoms with van der Waals surface area (Å²) in [6.45, 7) is 3.19. The Labute approximate surface area is 113 Å². The van der Waals surface area contributed by atoms with Gasteiger partial charge in [0.1, 0.15) is 11.6 Å². The highest BCUT2D eigenvalue weighted by molar-refractivity contribution is 5.92. The SMILES string of the molecule is COc1ccc2ccnc(NCC3CCNC3)c2c1. The molecule has 1 saturated heterocycles. The number of ether oxygens (including phenoxy) is 1. The van der Waals surface area contributed by atoms with Gasteiger partial charge in [0.25, 0.3) is 0 Å². The number of aromatic nitrogens is 1. The Hall–Kier alpha value is -1.81. The van der Waals surface area contributed by atoms with Crippen LogP contribution in [0, 0.1) is 5.92 Å². The van der Waals surface area contributed by atoms with Crippen molar-refractivity contribution >= 4 is 16.6 Å². The molecule has 4 heteroatoms. The monoisotopic (exact) mass is 257 g/mol. The van der Waals surface area contributed by atoms with E-state index < -0.39 is 0 Å². The summed E-state index contributed by atoms with van der Waals surface area (Å²) >= 11 is 0. The van der Waals surface area contributed by atoms with Gasteiger partial charge in [-0.2, -0.15) is 0 Å². The zero-order chi connectivity index (χ0) is 13.1. The number of hydrogen-bond donors (Lipinski definition) is 2. The van der Waals surface area contributed by atoms with E-state index in [0.29, 0.717) is 5.92 Å². The van der Waals surface area contributed by atoms with Crippen molar-refractivity contribution in [2.45, 2.75) is 6.42 Å². The smallest absolute Gasteiger partial charge is 0.133 e. The summed E-state index contributed by atoms with van der Waals surface area (Å²) in [5, 5.41) is 9.16. The zero-order valence-electron chi connectivity index (χ0n) is 11.1. The van der Waals surface area contributed by atoms with E-state index in [1.54, 1.807) is 7.11 Å². The van der Waals surface area contributed by atoms with E-state index in [2.05, 4.69) is 21.7 Å². The molecule has 0 spiro atoms. The highest BCUT2D eigenvalue weighted by Crippen LogP contribution is 2.26. The lowest BCUT2D eigenvalue weighted by Gasteiger charge is -2.13. The number of anilines is 1. The summed E-state index contributed by atoms with van der Waals surface area (Å²) in [6.07, 6.45) is 3.09. The van der Waals surface area contributed by atoms with E-state index in [0.717, 1.165) is 36.6 Å². The van der Waals surface area contributed by atoms with Crippen LogP contribution in [0.4, 0.5) is 5.82 Å². The van der Waals surface area contributed by atoms with Crippen LogP contribution in [0.2, 0.25) is 0 Å². The van der Waals surface area contributed by atoms with E-state index in [1.165, 1.54) is 11.8 Å². The standard InChI is InChI=1S/C15H19N3O/c1-19-13-3-2-12-5-7-17-15(14(12)8-13)18-10-11-4-6-16-9-11/h2-3,5,7-8,11,16H,4,6,9-10H2,1H3,(H,17,18). The Bertz CT molecular complexity index is 564. The Morgan fingerprint density at radius 2 is 2.37 bits per heavy atom. The fraction of sp³-hybridized carbons (Fsp3) is 0.400. The minimum atomic E-state index is 0.697. The summed E-state index contributed by atoms with van der Waals surface area (Å²) < 4.78 is 5.29. The number of hydrogen-bond acceptors (Lipinski definition) is 4. The van der Waals surface area contributed by atoms with Crippen molar-refractivity contribution < 1.29 is 4.74 Å². The molecule has 0 bridgehead atoms.